The number of halogens is 1. The molecule has 3 nitrogen and oxygen atoms in total. The van der Waals surface area contributed by atoms with E-state index in [0.717, 1.165) is 35.3 Å². The first-order valence-electron chi connectivity index (χ1n) is 13.4. The van der Waals surface area contributed by atoms with Crippen LogP contribution in [0.1, 0.15) is 81.8 Å². The van der Waals surface area contributed by atoms with Crippen LogP contribution in [0.25, 0.3) is 22.3 Å². The van der Waals surface area contributed by atoms with E-state index in [0.29, 0.717) is 24.7 Å². The van der Waals surface area contributed by atoms with Gasteiger partial charge in [-0.15, -0.1) is 11.6 Å². The minimum atomic E-state index is -0.296. The van der Waals surface area contributed by atoms with E-state index in [1.807, 2.05) is 31.2 Å². The number of carbonyl (C=O) groups excluding carboxylic acids is 1. The van der Waals surface area contributed by atoms with Crippen molar-refractivity contribution in [1.82, 2.24) is 0 Å². The van der Waals surface area contributed by atoms with Gasteiger partial charge in [0, 0.05) is 11.4 Å². The zero-order chi connectivity index (χ0) is 26.6. The van der Waals surface area contributed by atoms with Crippen molar-refractivity contribution in [3.63, 3.8) is 0 Å². The number of fused-ring (bicyclic) bond motifs is 1. The van der Waals surface area contributed by atoms with Gasteiger partial charge < -0.3 is 9.47 Å². The average molecular weight is 519 g/mol. The summed E-state index contributed by atoms with van der Waals surface area (Å²) in [4.78, 5) is 12.1. The van der Waals surface area contributed by atoms with Crippen molar-refractivity contribution in [2.75, 3.05) is 19.1 Å². The van der Waals surface area contributed by atoms with Crippen LogP contribution in [0.5, 0.6) is 5.75 Å². The van der Waals surface area contributed by atoms with Gasteiger partial charge in [-0.2, -0.15) is 0 Å². The molecule has 3 aromatic rings. The van der Waals surface area contributed by atoms with Gasteiger partial charge in [-0.05, 0) is 95.5 Å². The van der Waals surface area contributed by atoms with Gasteiger partial charge in [0.2, 0.25) is 0 Å². The molecule has 0 saturated carbocycles. The molecule has 0 unspecified atom stereocenters. The standard InChI is InChI=1S/C33H39ClO3/c1-6-36-31(35)24-11-9-23(10-12-24)25-14-16-30(37-20-8-7-19-34)27(21-25)26-13-15-28-29(22-26)33(4,5)18-17-32(28,2)3/h9-16,21-22H,6-8,17-20H2,1-5H3. The molecule has 1 aliphatic carbocycles. The number of hydrogen-bond donors (Lipinski definition) is 0. The zero-order valence-corrected chi connectivity index (χ0v) is 23.6. The molecule has 1 aliphatic rings. The maximum atomic E-state index is 12.1. The predicted octanol–water partition coefficient (Wildman–Crippen LogP) is 8.94. The van der Waals surface area contributed by atoms with Gasteiger partial charge in [0.15, 0.2) is 0 Å². The molecule has 0 radical (unpaired) electrons. The molecule has 196 valence electrons. The maximum absolute atomic E-state index is 12.1. The zero-order valence-electron chi connectivity index (χ0n) is 22.8. The van der Waals surface area contributed by atoms with Gasteiger partial charge in [0.05, 0.1) is 18.8 Å². The second-order valence-corrected chi connectivity index (χ2v) is 11.7. The van der Waals surface area contributed by atoms with Crippen LogP contribution in [-0.2, 0) is 15.6 Å². The highest BCUT2D eigenvalue weighted by atomic mass is 35.5. The molecule has 37 heavy (non-hydrogen) atoms. The monoisotopic (exact) mass is 518 g/mol. The van der Waals surface area contributed by atoms with Crippen molar-refractivity contribution in [1.29, 1.82) is 0 Å². The fourth-order valence-electron chi connectivity index (χ4n) is 5.21. The Bertz CT molecular complexity index is 1240. The van der Waals surface area contributed by atoms with E-state index in [1.54, 1.807) is 0 Å². The molecule has 0 spiro atoms. The third-order valence-electron chi connectivity index (χ3n) is 7.66. The van der Waals surface area contributed by atoms with Gasteiger partial charge in [-0.3, -0.25) is 0 Å². The van der Waals surface area contributed by atoms with Crippen molar-refractivity contribution < 1.29 is 14.3 Å². The fraction of sp³-hybridized carbons (Fsp3) is 0.424. The summed E-state index contributed by atoms with van der Waals surface area (Å²) in [7, 11) is 0. The van der Waals surface area contributed by atoms with Gasteiger partial charge in [0.1, 0.15) is 5.75 Å². The quantitative estimate of drug-likeness (QED) is 0.161. The lowest BCUT2D eigenvalue weighted by atomic mass is 9.63. The molecule has 4 heteroatoms. The Hall–Kier alpha value is -2.78. The molecule has 3 aromatic carbocycles. The molecule has 4 rings (SSSR count). The highest BCUT2D eigenvalue weighted by Crippen LogP contribution is 2.47. The molecule has 0 saturated heterocycles. The smallest absolute Gasteiger partial charge is 0.338 e. The molecule has 0 amide bonds. The Morgan fingerprint density at radius 3 is 2.14 bits per heavy atom. The largest absolute Gasteiger partial charge is 0.493 e. The van der Waals surface area contributed by atoms with Crippen LogP contribution in [0.15, 0.2) is 60.7 Å². The minimum Gasteiger partial charge on any atom is -0.493 e. The molecule has 0 N–H and O–H groups in total. The molecular weight excluding hydrogens is 480 g/mol. The third kappa shape index (κ3) is 6.04. The fourth-order valence-corrected chi connectivity index (χ4v) is 5.40. The lowest BCUT2D eigenvalue weighted by Crippen LogP contribution is -2.33. The molecule has 0 atom stereocenters. The van der Waals surface area contributed by atoms with Gasteiger partial charge >= 0.3 is 5.97 Å². The van der Waals surface area contributed by atoms with Crippen LogP contribution in [0.3, 0.4) is 0 Å². The van der Waals surface area contributed by atoms with Crippen LogP contribution >= 0.6 is 11.6 Å². The number of rotatable bonds is 9. The number of benzene rings is 3. The summed E-state index contributed by atoms with van der Waals surface area (Å²) in [6.07, 6.45) is 4.22. The molecule has 0 bridgehead atoms. The first-order chi connectivity index (χ1) is 17.7. The summed E-state index contributed by atoms with van der Waals surface area (Å²) < 4.78 is 11.4. The van der Waals surface area contributed by atoms with E-state index in [-0.39, 0.29) is 16.8 Å². The first-order valence-corrected chi connectivity index (χ1v) is 14.0. The van der Waals surface area contributed by atoms with Gasteiger partial charge in [0.25, 0.3) is 0 Å². The predicted molar refractivity (Wildman–Crippen MR) is 154 cm³/mol. The topological polar surface area (TPSA) is 35.5 Å². The van der Waals surface area contributed by atoms with E-state index >= 15 is 0 Å². The van der Waals surface area contributed by atoms with Crippen LogP contribution in [-0.4, -0.2) is 25.1 Å². The number of unbranched alkanes of at least 4 members (excludes halogenated alkanes) is 1. The number of ether oxygens (including phenoxy) is 2. The van der Waals surface area contributed by atoms with Crippen molar-refractivity contribution in [3.05, 3.63) is 77.4 Å². The Balaban J connectivity index is 1.75. The normalized spacial score (nSPS) is 15.6. The van der Waals surface area contributed by atoms with Gasteiger partial charge in [-0.25, -0.2) is 4.79 Å². The van der Waals surface area contributed by atoms with Crippen molar-refractivity contribution in [3.8, 4) is 28.0 Å². The lowest BCUT2D eigenvalue weighted by Gasteiger charge is -2.42. The van der Waals surface area contributed by atoms with Crippen LogP contribution in [0.2, 0.25) is 0 Å². The number of esters is 1. The molecular formula is C33H39ClO3. The van der Waals surface area contributed by atoms with Crippen molar-refractivity contribution >= 4 is 17.6 Å². The summed E-state index contributed by atoms with van der Waals surface area (Å²) in [6.45, 7) is 12.2. The lowest BCUT2D eigenvalue weighted by molar-refractivity contribution is 0.0526. The molecule has 0 aliphatic heterocycles. The van der Waals surface area contributed by atoms with Crippen molar-refractivity contribution in [2.24, 2.45) is 0 Å². The van der Waals surface area contributed by atoms with Crippen LogP contribution in [0, 0.1) is 0 Å². The third-order valence-corrected chi connectivity index (χ3v) is 7.93. The van der Waals surface area contributed by atoms with E-state index in [9.17, 15) is 4.79 Å². The Morgan fingerprint density at radius 1 is 0.811 bits per heavy atom. The van der Waals surface area contributed by atoms with Crippen LogP contribution in [0.4, 0.5) is 0 Å². The van der Waals surface area contributed by atoms with Gasteiger partial charge in [-0.1, -0.05) is 64.1 Å². The number of carbonyl (C=O) groups is 1. The minimum absolute atomic E-state index is 0.128. The summed E-state index contributed by atoms with van der Waals surface area (Å²) in [5, 5.41) is 0. The molecule has 0 heterocycles. The second-order valence-electron chi connectivity index (χ2n) is 11.3. The second kappa shape index (κ2) is 11.3. The SMILES string of the molecule is CCOC(=O)c1ccc(-c2ccc(OCCCCCl)c(-c3ccc4c(c3)C(C)(C)CCC4(C)C)c2)cc1. The Labute approximate surface area is 227 Å². The summed E-state index contributed by atoms with van der Waals surface area (Å²) in [5.41, 5.74) is 8.11. The highest BCUT2D eigenvalue weighted by Gasteiger charge is 2.37. The van der Waals surface area contributed by atoms with Crippen LogP contribution < -0.4 is 4.74 Å². The van der Waals surface area contributed by atoms with Crippen molar-refractivity contribution in [2.45, 2.75) is 71.1 Å². The maximum Gasteiger partial charge on any atom is 0.338 e. The Morgan fingerprint density at radius 2 is 1.46 bits per heavy atom. The molecule has 0 fully saturated rings. The Kier molecular flexibility index (Phi) is 8.33. The van der Waals surface area contributed by atoms with E-state index in [1.165, 1.54) is 29.5 Å². The van der Waals surface area contributed by atoms with E-state index in [2.05, 4.69) is 64.1 Å². The number of hydrogen-bond acceptors (Lipinski definition) is 3. The summed E-state index contributed by atoms with van der Waals surface area (Å²) >= 11 is 5.88. The number of alkyl halides is 1. The first kappa shape index (κ1) is 27.3. The molecule has 0 aromatic heterocycles. The average Bonchev–Trinajstić information content (AvgIpc) is 2.89. The summed E-state index contributed by atoms with van der Waals surface area (Å²) in [5.74, 6) is 1.23. The van der Waals surface area contributed by atoms with E-state index in [4.69, 9.17) is 21.1 Å². The summed E-state index contributed by atoms with van der Waals surface area (Å²) in [6, 6.07) is 20.9. The highest BCUT2D eigenvalue weighted by molar-refractivity contribution is 6.17. The van der Waals surface area contributed by atoms with E-state index < -0.39 is 0 Å².